The zero-order valence-corrected chi connectivity index (χ0v) is 16.8. The van der Waals surface area contributed by atoms with Gasteiger partial charge in [-0.1, -0.05) is 94.3 Å². The normalized spacial score (nSPS) is 10.7. The Labute approximate surface area is 164 Å². The number of hydrogen-bond donors (Lipinski definition) is 0. The van der Waals surface area contributed by atoms with Crippen molar-refractivity contribution in [1.29, 1.82) is 0 Å². The summed E-state index contributed by atoms with van der Waals surface area (Å²) in [7, 11) is 0. The molecule has 0 heterocycles. The Morgan fingerprint density at radius 1 is 0.741 bits per heavy atom. The summed E-state index contributed by atoms with van der Waals surface area (Å²) in [5.41, 5.74) is 2.94. The second-order valence-corrected chi connectivity index (χ2v) is 7.37. The summed E-state index contributed by atoms with van der Waals surface area (Å²) in [4.78, 5) is 25.0. The van der Waals surface area contributed by atoms with Crippen LogP contribution in [-0.4, -0.2) is 11.6 Å². The highest BCUT2D eigenvalue weighted by atomic mass is 16.1. The number of ketones is 2. The van der Waals surface area contributed by atoms with Crippen molar-refractivity contribution in [1.82, 2.24) is 0 Å². The van der Waals surface area contributed by atoms with Gasteiger partial charge in [-0.25, -0.2) is 0 Å². The monoisotopic (exact) mass is 364 g/mol. The molecule has 0 bridgehead atoms. The Morgan fingerprint density at radius 2 is 1.37 bits per heavy atom. The Kier molecular flexibility index (Phi) is 8.97. The number of carbonyl (C=O) groups is 2. The van der Waals surface area contributed by atoms with Crippen LogP contribution < -0.4 is 0 Å². The van der Waals surface area contributed by atoms with Crippen LogP contribution in [-0.2, 0) is 0 Å². The molecule has 0 N–H and O–H groups in total. The molecule has 2 aromatic rings. The summed E-state index contributed by atoms with van der Waals surface area (Å²) < 4.78 is 0. The molecule has 2 rings (SSSR count). The number of carbonyl (C=O) groups excluding carboxylic acids is 2. The van der Waals surface area contributed by atoms with Gasteiger partial charge in [-0.2, -0.15) is 0 Å². The Bertz CT molecular complexity index is 731. The molecule has 27 heavy (non-hydrogen) atoms. The average molecular weight is 365 g/mol. The zero-order chi connectivity index (χ0) is 19.5. The average Bonchev–Trinajstić information content (AvgIpc) is 2.70. The molecule has 0 saturated heterocycles. The molecular formula is C25H32O2. The van der Waals surface area contributed by atoms with E-state index in [2.05, 4.69) is 6.92 Å². The maximum Gasteiger partial charge on any atom is 0.193 e. The first kappa shape index (κ1) is 21.1. The van der Waals surface area contributed by atoms with Crippen molar-refractivity contribution >= 4 is 11.6 Å². The van der Waals surface area contributed by atoms with Gasteiger partial charge in [0.1, 0.15) is 0 Å². The van der Waals surface area contributed by atoms with Crippen LogP contribution in [0.2, 0.25) is 0 Å². The van der Waals surface area contributed by atoms with E-state index in [0.717, 1.165) is 24.0 Å². The highest BCUT2D eigenvalue weighted by molar-refractivity contribution is 6.10. The fourth-order valence-corrected chi connectivity index (χ4v) is 3.40. The quantitative estimate of drug-likeness (QED) is 0.302. The van der Waals surface area contributed by atoms with Gasteiger partial charge in [0.05, 0.1) is 0 Å². The molecule has 0 aromatic heterocycles. The molecule has 0 aliphatic carbocycles. The smallest absolute Gasteiger partial charge is 0.193 e. The number of unbranched alkanes of at least 4 members (excludes halogenated alkanes) is 7. The number of rotatable bonds is 12. The van der Waals surface area contributed by atoms with Crippen molar-refractivity contribution in [3.8, 4) is 0 Å². The molecule has 0 aliphatic heterocycles. The van der Waals surface area contributed by atoms with Crippen LogP contribution in [0.3, 0.4) is 0 Å². The van der Waals surface area contributed by atoms with Gasteiger partial charge in [0, 0.05) is 23.1 Å². The van der Waals surface area contributed by atoms with Crippen molar-refractivity contribution in [3.05, 3.63) is 70.8 Å². The molecule has 2 nitrogen and oxygen atoms in total. The molecule has 0 unspecified atom stereocenters. The first-order chi connectivity index (χ1) is 13.1. The largest absolute Gasteiger partial charge is 0.294 e. The van der Waals surface area contributed by atoms with Crippen molar-refractivity contribution in [2.75, 3.05) is 0 Å². The lowest BCUT2D eigenvalue weighted by Crippen LogP contribution is -2.06. The standard InChI is InChI=1S/C25H32O2/c1-3-4-5-6-7-8-9-13-16-24(26)22-17-18-23(20(2)19-22)25(27)21-14-11-10-12-15-21/h10-12,14-15,17-19H,3-9,13,16H2,1-2H3. The minimum absolute atomic E-state index is 0.00942. The minimum atomic E-state index is 0.00942. The molecule has 0 aliphatic rings. The molecular weight excluding hydrogens is 332 g/mol. The summed E-state index contributed by atoms with van der Waals surface area (Å²) >= 11 is 0. The summed E-state index contributed by atoms with van der Waals surface area (Å²) in [5, 5.41) is 0. The summed E-state index contributed by atoms with van der Waals surface area (Å²) in [6.07, 6.45) is 10.5. The van der Waals surface area contributed by atoms with Gasteiger partial charge in [-0.05, 0) is 25.0 Å². The zero-order valence-electron chi connectivity index (χ0n) is 16.8. The van der Waals surface area contributed by atoms with E-state index in [9.17, 15) is 9.59 Å². The molecule has 0 atom stereocenters. The molecule has 0 radical (unpaired) electrons. The lowest BCUT2D eigenvalue weighted by molar-refractivity contribution is 0.0976. The van der Waals surface area contributed by atoms with Crippen molar-refractivity contribution in [2.24, 2.45) is 0 Å². The van der Waals surface area contributed by atoms with E-state index in [-0.39, 0.29) is 11.6 Å². The molecule has 2 aromatic carbocycles. The van der Waals surface area contributed by atoms with E-state index in [1.165, 1.54) is 38.5 Å². The number of hydrogen-bond acceptors (Lipinski definition) is 2. The summed E-state index contributed by atoms with van der Waals surface area (Å²) in [5.74, 6) is 0.193. The fraction of sp³-hybridized carbons (Fsp3) is 0.440. The van der Waals surface area contributed by atoms with Crippen molar-refractivity contribution in [3.63, 3.8) is 0 Å². The first-order valence-corrected chi connectivity index (χ1v) is 10.4. The van der Waals surface area contributed by atoms with E-state index in [1.807, 2.05) is 43.3 Å². The predicted molar refractivity (Wildman–Crippen MR) is 113 cm³/mol. The lowest BCUT2D eigenvalue weighted by atomic mass is 9.95. The maximum absolute atomic E-state index is 12.6. The van der Waals surface area contributed by atoms with Crippen LogP contribution in [0.1, 0.15) is 96.6 Å². The van der Waals surface area contributed by atoms with E-state index in [1.54, 1.807) is 12.1 Å². The third-order valence-electron chi connectivity index (χ3n) is 5.09. The van der Waals surface area contributed by atoms with Crippen LogP contribution in [0.5, 0.6) is 0 Å². The number of aryl methyl sites for hydroxylation is 1. The molecule has 2 heteroatoms. The van der Waals surface area contributed by atoms with Gasteiger partial charge in [0.15, 0.2) is 11.6 Å². The predicted octanol–water partition coefficient (Wildman–Crippen LogP) is 6.94. The van der Waals surface area contributed by atoms with E-state index >= 15 is 0 Å². The lowest BCUT2D eigenvalue weighted by Gasteiger charge is -2.08. The topological polar surface area (TPSA) is 34.1 Å². The third-order valence-corrected chi connectivity index (χ3v) is 5.09. The summed E-state index contributed by atoms with van der Waals surface area (Å²) in [6, 6.07) is 14.7. The van der Waals surface area contributed by atoms with Gasteiger partial charge in [0.25, 0.3) is 0 Å². The van der Waals surface area contributed by atoms with Crippen LogP contribution in [0.15, 0.2) is 48.5 Å². The minimum Gasteiger partial charge on any atom is -0.294 e. The maximum atomic E-state index is 12.6. The second kappa shape index (κ2) is 11.5. The van der Waals surface area contributed by atoms with Crippen LogP contribution in [0.4, 0.5) is 0 Å². The van der Waals surface area contributed by atoms with Crippen molar-refractivity contribution < 1.29 is 9.59 Å². The van der Waals surface area contributed by atoms with E-state index < -0.39 is 0 Å². The van der Waals surface area contributed by atoms with Gasteiger partial charge < -0.3 is 0 Å². The molecule has 0 amide bonds. The van der Waals surface area contributed by atoms with Gasteiger partial charge in [-0.3, -0.25) is 9.59 Å². The molecule has 144 valence electrons. The van der Waals surface area contributed by atoms with Crippen LogP contribution >= 0.6 is 0 Å². The van der Waals surface area contributed by atoms with Crippen LogP contribution in [0.25, 0.3) is 0 Å². The Morgan fingerprint density at radius 3 is 2.00 bits per heavy atom. The molecule has 0 spiro atoms. The fourth-order valence-electron chi connectivity index (χ4n) is 3.40. The Balaban J connectivity index is 1.82. The van der Waals surface area contributed by atoms with Crippen molar-refractivity contribution in [2.45, 2.75) is 71.6 Å². The SMILES string of the molecule is CCCCCCCCCCC(=O)c1ccc(C(=O)c2ccccc2)c(C)c1. The van der Waals surface area contributed by atoms with Gasteiger partial charge >= 0.3 is 0 Å². The molecule has 0 saturated carbocycles. The number of benzene rings is 2. The Hall–Kier alpha value is -2.22. The molecule has 0 fully saturated rings. The highest BCUT2D eigenvalue weighted by Gasteiger charge is 2.14. The van der Waals surface area contributed by atoms with Gasteiger partial charge in [-0.15, -0.1) is 0 Å². The second-order valence-electron chi connectivity index (χ2n) is 7.37. The highest BCUT2D eigenvalue weighted by Crippen LogP contribution is 2.18. The van der Waals surface area contributed by atoms with E-state index in [0.29, 0.717) is 17.5 Å². The number of Topliss-reactive ketones (excluding diaryl/α,β-unsaturated/α-hetero) is 1. The first-order valence-electron chi connectivity index (χ1n) is 10.4. The third kappa shape index (κ3) is 6.78. The van der Waals surface area contributed by atoms with Crippen LogP contribution in [0, 0.1) is 6.92 Å². The van der Waals surface area contributed by atoms with E-state index in [4.69, 9.17) is 0 Å². The van der Waals surface area contributed by atoms with Gasteiger partial charge in [0.2, 0.25) is 0 Å². The summed E-state index contributed by atoms with van der Waals surface area (Å²) in [6.45, 7) is 4.14.